The number of hydrogen-bond acceptors (Lipinski definition) is 2. The molecule has 0 spiro atoms. The van der Waals surface area contributed by atoms with Gasteiger partial charge in [0.25, 0.3) is 0 Å². The Bertz CT molecular complexity index is 743. The normalized spacial score (nSPS) is 10.6. The van der Waals surface area contributed by atoms with Crippen molar-refractivity contribution in [3.05, 3.63) is 69.7 Å². The van der Waals surface area contributed by atoms with Gasteiger partial charge in [-0.3, -0.25) is 4.79 Å². The Kier molecular flexibility index (Phi) is 5.20. The SMILES string of the molecule is O=C(/C=C/c1ccccc1)Nc1cc(C(=O)O)c(Cl)cc1Cl. The summed E-state index contributed by atoms with van der Waals surface area (Å²) in [5.74, 6) is -1.62. The lowest BCUT2D eigenvalue weighted by molar-refractivity contribution is -0.111. The molecule has 0 heterocycles. The van der Waals surface area contributed by atoms with Gasteiger partial charge in [0.15, 0.2) is 0 Å². The highest BCUT2D eigenvalue weighted by Gasteiger charge is 2.13. The monoisotopic (exact) mass is 335 g/mol. The molecule has 0 fully saturated rings. The zero-order valence-electron chi connectivity index (χ0n) is 11.2. The van der Waals surface area contributed by atoms with Crippen LogP contribution in [-0.2, 0) is 4.79 Å². The second-order valence-corrected chi connectivity index (χ2v) is 5.16. The van der Waals surface area contributed by atoms with Gasteiger partial charge < -0.3 is 10.4 Å². The summed E-state index contributed by atoms with van der Waals surface area (Å²) in [5, 5.41) is 11.7. The van der Waals surface area contributed by atoms with Crippen molar-refractivity contribution in [1.29, 1.82) is 0 Å². The molecule has 2 N–H and O–H groups in total. The molecular weight excluding hydrogens is 325 g/mol. The summed E-state index contributed by atoms with van der Waals surface area (Å²) in [6.07, 6.45) is 2.97. The first-order valence-corrected chi connectivity index (χ1v) is 6.99. The van der Waals surface area contributed by atoms with Gasteiger partial charge in [-0.2, -0.15) is 0 Å². The van der Waals surface area contributed by atoms with E-state index in [0.29, 0.717) is 0 Å². The number of anilines is 1. The van der Waals surface area contributed by atoms with Gasteiger partial charge in [0, 0.05) is 6.08 Å². The van der Waals surface area contributed by atoms with Crippen LogP contribution in [0.2, 0.25) is 10.0 Å². The number of carboxylic acids is 1. The fraction of sp³-hybridized carbons (Fsp3) is 0. The highest BCUT2D eigenvalue weighted by molar-refractivity contribution is 6.38. The number of nitrogens with one attached hydrogen (secondary N) is 1. The van der Waals surface area contributed by atoms with Crippen molar-refractivity contribution in [2.24, 2.45) is 0 Å². The third-order valence-electron chi connectivity index (χ3n) is 2.77. The number of carbonyl (C=O) groups is 2. The van der Waals surface area contributed by atoms with Crippen LogP contribution in [-0.4, -0.2) is 17.0 Å². The molecule has 0 aromatic heterocycles. The molecule has 2 aromatic carbocycles. The van der Waals surface area contributed by atoms with Crippen LogP contribution in [0, 0.1) is 0 Å². The Morgan fingerprint density at radius 2 is 1.73 bits per heavy atom. The Morgan fingerprint density at radius 3 is 2.36 bits per heavy atom. The molecule has 0 aliphatic heterocycles. The minimum absolute atomic E-state index is 0.00956. The molecule has 0 bridgehead atoms. The van der Waals surface area contributed by atoms with Crippen LogP contribution < -0.4 is 5.32 Å². The van der Waals surface area contributed by atoms with Crippen LogP contribution >= 0.6 is 23.2 Å². The van der Waals surface area contributed by atoms with E-state index >= 15 is 0 Å². The summed E-state index contributed by atoms with van der Waals surface area (Å²) in [4.78, 5) is 22.9. The van der Waals surface area contributed by atoms with Gasteiger partial charge in [-0.05, 0) is 23.8 Å². The van der Waals surface area contributed by atoms with E-state index < -0.39 is 11.9 Å². The molecule has 4 nitrogen and oxygen atoms in total. The van der Waals surface area contributed by atoms with Gasteiger partial charge in [-0.15, -0.1) is 0 Å². The fourth-order valence-corrected chi connectivity index (χ4v) is 2.23. The number of benzene rings is 2. The maximum atomic E-state index is 11.9. The summed E-state index contributed by atoms with van der Waals surface area (Å²) in [6, 6.07) is 11.8. The molecule has 0 aliphatic carbocycles. The predicted octanol–water partition coefficient (Wildman–Crippen LogP) is 4.34. The van der Waals surface area contributed by atoms with Crippen molar-refractivity contribution in [3.8, 4) is 0 Å². The molecule has 2 rings (SSSR count). The second-order valence-electron chi connectivity index (χ2n) is 4.35. The maximum absolute atomic E-state index is 11.9. The largest absolute Gasteiger partial charge is 0.478 e. The van der Waals surface area contributed by atoms with Crippen LogP contribution in [0.25, 0.3) is 6.08 Å². The predicted molar refractivity (Wildman–Crippen MR) is 87.5 cm³/mol. The number of carbonyl (C=O) groups excluding carboxylic acids is 1. The van der Waals surface area contributed by atoms with Crippen LogP contribution in [0.5, 0.6) is 0 Å². The lowest BCUT2D eigenvalue weighted by Gasteiger charge is -2.08. The molecule has 0 aliphatic rings. The first kappa shape index (κ1) is 16.1. The van der Waals surface area contributed by atoms with Gasteiger partial charge in [-0.25, -0.2) is 4.79 Å². The van der Waals surface area contributed by atoms with E-state index in [1.54, 1.807) is 6.08 Å². The quantitative estimate of drug-likeness (QED) is 0.816. The average molecular weight is 336 g/mol. The minimum Gasteiger partial charge on any atom is -0.478 e. The van der Waals surface area contributed by atoms with Gasteiger partial charge in [-0.1, -0.05) is 53.5 Å². The smallest absolute Gasteiger partial charge is 0.337 e. The highest BCUT2D eigenvalue weighted by atomic mass is 35.5. The molecule has 6 heteroatoms. The lowest BCUT2D eigenvalue weighted by Crippen LogP contribution is -2.09. The summed E-state index contributed by atoms with van der Waals surface area (Å²) in [6.45, 7) is 0. The highest BCUT2D eigenvalue weighted by Crippen LogP contribution is 2.29. The van der Waals surface area contributed by atoms with Gasteiger partial charge in [0.05, 0.1) is 21.3 Å². The first-order valence-electron chi connectivity index (χ1n) is 6.24. The summed E-state index contributed by atoms with van der Waals surface area (Å²) >= 11 is 11.7. The van der Waals surface area contributed by atoms with E-state index in [1.807, 2.05) is 30.3 Å². The van der Waals surface area contributed by atoms with Crippen molar-refractivity contribution < 1.29 is 14.7 Å². The van der Waals surface area contributed by atoms with Crippen molar-refractivity contribution in [2.75, 3.05) is 5.32 Å². The van der Waals surface area contributed by atoms with E-state index in [2.05, 4.69) is 5.32 Å². The fourth-order valence-electron chi connectivity index (χ4n) is 1.72. The molecule has 112 valence electrons. The van der Waals surface area contributed by atoms with Gasteiger partial charge >= 0.3 is 5.97 Å². The van der Waals surface area contributed by atoms with Crippen molar-refractivity contribution in [3.63, 3.8) is 0 Å². The molecule has 0 radical (unpaired) electrons. The van der Waals surface area contributed by atoms with Crippen LogP contribution in [0.15, 0.2) is 48.5 Å². The zero-order valence-corrected chi connectivity index (χ0v) is 12.7. The number of hydrogen-bond donors (Lipinski definition) is 2. The molecule has 1 amide bonds. The van der Waals surface area contributed by atoms with Crippen molar-refractivity contribution in [1.82, 2.24) is 0 Å². The standard InChI is InChI=1S/C16H11Cl2NO3/c17-12-9-13(18)14(8-11(12)16(21)22)19-15(20)7-6-10-4-2-1-3-5-10/h1-9H,(H,19,20)(H,21,22)/b7-6+. The molecule has 0 atom stereocenters. The Labute approximate surface area is 137 Å². The topological polar surface area (TPSA) is 66.4 Å². The van der Waals surface area contributed by atoms with Crippen LogP contribution in [0.3, 0.4) is 0 Å². The Morgan fingerprint density at radius 1 is 1.05 bits per heavy atom. The van der Waals surface area contributed by atoms with E-state index in [4.69, 9.17) is 28.3 Å². The molecular formula is C16H11Cl2NO3. The zero-order chi connectivity index (χ0) is 16.1. The van der Waals surface area contributed by atoms with E-state index in [-0.39, 0.29) is 21.3 Å². The van der Waals surface area contributed by atoms with Gasteiger partial charge in [0.1, 0.15) is 0 Å². The Balaban J connectivity index is 2.16. The molecule has 0 unspecified atom stereocenters. The van der Waals surface area contributed by atoms with E-state index in [9.17, 15) is 9.59 Å². The Hall–Kier alpha value is -2.30. The van der Waals surface area contributed by atoms with Crippen LogP contribution in [0.1, 0.15) is 15.9 Å². The third-order valence-corrected chi connectivity index (χ3v) is 3.40. The number of carboxylic acid groups (broad SMARTS) is 1. The molecule has 0 saturated heterocycles. The minimum atomic E-state index is -1.20. The third kappa shape index (κ3) is 4.10. The van der Waals surface area contributed by atoms with Crippen molar-refractivity contribution >= 4 is 46.8 Å². The number of amides is 1. The summed E-state index contributed by atoms with van der Waals surface area (Å²) < 4.78 is 0. The van der Waals surface area contributed by atoms with E-state index in [0.717, 1.165) is 5.56 Å². The molecule has 22 heavy (non-hydrogen) atoms. The number of aromatic carboxylic acids is 1. The molecule has 2 aromatic rings. The average Bonchev–Trinajstić information content (AvgIpc) is 2.48. The lowest BCUT2D eigenvalue weighted by atomic mass is 10.2. The number of rotatable bonds is 4. The number of halogens is 2. The van der Waals surface area contributed by atoms with Crippen molar-refractivity contribution in [2.45, 2.75) is 0 Å². The summed E-state index contributed by atoms with van der Waals surface area (Å²) in [7, 11) is 0. The molecule has 0 saturated carbocycles. The van der Waals surface area contributed by atoms with Gasteiger partial charge in [0.2, 0.25) is 5.91 Å². The maximum Gasteiger partial charge on any atom is 0.337 e. The first-order chi connectivity index (χ1) is 10.5. The van der Waals surface area contributed by atoms with E-state index in [1.165, 1.54) is 18.2 Å². The van der Waals surface area contributed by atoms with Crippen LogP contribution in [0.4, 0.5) is 5.69 Å². The summed E-state index contributed by atoms with van der Waals surface area (Å²) in [5.41, 5.74) is 0.922. The second kappa shape index (κ2) is 7.11.